The topological polar surface area (TPSA) is 58.6 Å². The number of rotatable bonds is 10. The highest BCUT2D eigenvalue weighted by molar-refractivity contribution is 6.30. The van der Waals surface area contributed by atoms with Crippen molar-refractivity contribution in [2.24, 2.45) is 0 Å². The molecule has 33 heavy (non-hydrogen) atoms. The first-order valence-corrected chi connectivity index (χ1v) is 12.0. The molecule has 2 aromatic rings. The average molecular weight is 475 g/mol. The Bertz CT molecular complexity index is 899. The van der Waals surface area contributed by atoms with E-state index in [-0.39, 0.29) is 36.6 Å². The van der Waals surface area contributed by atoms with Gasteiger partial charge in [0, 0.05) is 24.0 Å². The predicted octanol–water partition coefficient (Wildman–Crippen LogP) is 5.50. The third-order valence-electron chi connectivity index (χ3n) is 6.00. The standard InChI is InChI=1S/C26H32ClFN2O3/c1-19(26(32)29-23-6-3-2-4-7-23)30(18-20-9-13-22(28)14-10-20)25(31)8-5-17-33-24-15-11-21(27)12-16-24/h9-16,19,23H,2-8,17-18H2,1H3,(H,29,32)/t19-/m0/s1. The second kappa shape index (κ2) is 12.6. The van der Waals surface area contributed by atoms with Crippen molar-refractivity contribution in [2.45, 2.75) is 70.5 Å². The maximum absolute atomic E-state index is 13.3. The molecular formula is C26H32ClFN2O3. The lowest BCUT2D eigenvalue weighted by molar-refractivity contribution is -0.141. The molecule has 1 saturated carbocycles. The minimum Gasteiger partial charge on any atom is -0.494 e. The SMILES string of the molecule is C[C@@H](C(=O)NC1CCCCC1)N(Cc1ccc(F)cc1)C(=O)CCCOc1ccc(Cl)cc1. The van der Waals surface area contributed by atoms with Crippen molar-refractivity contribution in [2.75, 3.05) is 6.61 Å². The smallest absolute Gasteiger partial charge is 0.242 e. The first-order valence-electron chi connectivity index (χ1n) is 11.6. The van der Waals surface area contributed by atoms with Crippen molar-refractivity contribution in [3.8, 4) is 5.75 Å². The summed E-state index contributed by atoms with van der Waals surface area (Å²) in [6.07, 6.45) is 6.15. The lowest BCUT2D eigenvalue weighted by Crippen LogP contribution is -2.50. The van der Waals surface area contributed by atoms with Gasteiger partial charge in [0.2, 0.25) is 11.8 Å². The van der Waals surface area contributed by atoms with E-state index in [4.69, 9.17) is 16.3 Å². The molecule has 0 aromatic heterocycles. The summed E-state index contributed by atoms with van der Waals surface area (Å²) in [5, 5.41) is 3.75. The molecule has 7 heteroatoms. The molecule has 0 spiro atoms. The summed E-state index contributed by atoms with van der Waals surface area (Å²) in [5.41, 5.74) is 0.777. The Kier molecular flexibility index (Phi) is 9.55. The Labute approximate surface area is 200 Å². The number of carbonyl (C=O) groups excluding carboxylic acids is 2. The fourth-order valence-electron chi connectivity index (χ4n) is 4.03. The van der Waals surface area contributed by atoms with Crippen LogP contribution in [0.15, 0.2) is 48.5 Å². The minimum absolute atomic E-state index is 0.134. The van der Waals surface area contributed by atoms with Crippen LogP contribution in [0.3, 0.4) is 0 Å². The minimum atomic E-state index is -0.623. The molecule has 1 aliphatic carbocycles. The van der Waals surface area contributed by atoms with Gasteiger partial charge in [-0.2, -0.15) is 0 Å². The summed E-state index contributed by atoms with van der Waals surface area (Å²) < 4.78 is 19.0. The van der Waals surface area contributed by atoms with Gasteiger partial charge in [-0.25, -0.2) is 4.39 Å². The summed E-state index contributed by atoms with van der Waals surface area (Å²) in [4.78, 5) is 27.6. The van der Waals surface area contributed by atoms with E-state index >= 15 is 0 Å². The van der Waals surface area contributed by atoms with Crippen LogP contribution in [0, 0.1) is 5.82 Å². The monoisotopic (exact) mass is 474 g/mol. The second-order valence-electron chi connectivity index (χ2n) is 8.57. The van der Waals surface area contributed by atoms with E-state index in [2.05, 4.69) is 5.32 Å². The van der Waals surface area contributed by atoms with Gasteiger partial charge >= 0.3 is 0 Å². The number of carbonyl (C=O) groups is 2. The summed E-state index contributed by atoms with van der Waals surface area (Å²) >= 11 is 5.88. The van der Waals surface area contributed by atoms with Crippen LogP contribution in [0.2, 0.25) is 5.02 Å². The molecule has 178 valence electrons. The molecule has 2 amide bonds. The van der Waals surface area contributed by atoms with Crippen LogP contribution in [0.25, 0.3) is 0 Å². The number of hydrogen-bond donors (Lipinski definition) is 1. The van der Waals surface area contributed by atoms with Gasteiger partial charge < -0.3 is 15.0 Å². The van der Waals surface area contributed by atoms with Gasteiger partial charge in [-0.05, 0) is 68.1 Å². The first kappa shape index (κ1) is 25.0. The third-order valence-corrected chi connectivity index (χ3v) is 6.25. The summed E-state index contributed by atoms with van der Waals surface area (Å²) in [7, 11) is 0. The van der Waals surface area contributed by atoms with Crippen molar-refractivity contribution in [3.05, 3.63) is 64.9 Å². The van der Waals surface area contributed by atoms with Gasteiger partial charge in [0.05, 0.1) is 6.61 Å². The zero-order valence-electron chi connectivity index (χ0n) is 19.1. The van der Waals surface area contributed by atoms with E-state index in [1.165, 1.54) is 18.6 Å². The van der Waals surface area contributed by atoms with Crippen molar-refractivity contribution >= 4 is 23.4 Å². The quantitative estimate of drug-likeness (QED) is 0.462. The summed E-state index contributed by atoms with van der Waals surface area (Å²) in [5.74, 6) is 0.0782. The van der Waals surface area contributed by atoms with Crippen molar-refractivity contribution < 1.29 is 18.7 Å². The van der Waals surface area contributed by atoms with Gasteiger partial charge in [-0.3, -0.25) is 9.59 Å². The Morgan fingerprint density at radius 3 is 2.42 bits per heavy atom. The number of hydrogen-bond acceptors (Lipinski definition) is 3. The highest BCUT2D eigenvalue weighted by atomic mass is 35.5. The fourth-order valence-corrected chi connectivity index (χ4v) is 4.15. The molecule has 0 unspecified atom stereocenters. The van der Waals surface area contributed by atoms with E-state index in [0.29, 0.717) is 23.8 Å². The predicted molar refractivity (Wildman–Crippen MR) is 128 cm³/mol. The molecule has 1 N–H and O–H groups in total. The first-order chi connectivity index (χ1) is 15.9. The zero-order chi connectivity index (χ0) is 23.6. The number of halogens is 2. The van der Waals surface area contributed by atoms with Crippen molar-refractivity contribution in [1.82, 2.24) is 10.2 Å². The second-order valence-corrected chi connectivity index (χ2v) is 9.01. The number of amides is 2. The summed E-state index contributed by atoms with van der Waals surface area (Å²) in [6, 6.07) is 12.6. The molecule has 1 atom stereocenters. The molecule has 5 nitrogen and oxygen atoms in total. The largest absolute Gasteiger partial charge is 0.494 e. The van der Waals surface area contributed by atoms with E-state index in [0.717, 1.165) is 31.2 Å². The maximum atomic E-state index is 13.3. The third kappa shape index (κ3) is 8.04. The van der Waals surface area contributed by atoms with Crippen molar-refractivity contribution in [3.63, 3.8) is 0 Å². The van der Waals surface area contributed by atoms with Crippen LogP contribution < -0.4 is 10.1 Å². The molecular weight excluding hydrogens is 443 g/mol. The van der Waals surface area contributed by atoms with Crippen LogP contribution in [0.4, 0.5) is 4.39 Å². The highest BCUT2D eigenvalue weighted by Crippen LogP contribution is 2.19. The normalized spacial score (nSPS) is 15.0. The summed E-state index contributed by atoms with van der Waals surface area (Å²) in [6.45, 7) is 2.38. The molecule has 2 aromatic carbocycles. The number of benzene rings is 2. The van der Waals surface area contributed by atoms with Crippen LogP contribution >= 0.6 is 11.6 Å². The van der Waals surface area contributed by atoms with E-state index in [9.17, 15) is 14.0 Å². The van der Waals surface area contributed by atoms with E-state index in [1.807, 2.05) is 0 Å². The Morgan fingerprint density at radius 2 is 1.76 bits per heavy atom. The van der Waals surface area contributed by atoms with Crippen molar-refractivity contribution in [1.29, 1.82) is 0 Å². The molecule has 3 rings (SSSR count). The van der Waals surface area contributed by atoms with Gasteiger partial charge in [0.15, 0.2) is 0 Å². The number of ether oxygens (including phenoxy) is 1. The fraction of sp³-hybridized carbons (Fsp3) is 0.462. The van der Waals surface area contributed by atoms with Crippen LogP contribution in [0.5, 0.6) is 5.75 Å². The number of nitrogens with one attached hydrogen (secondary N) is 1. The maximum Gasteiger partial charge on any atom is 0.242 e. The lowest BCUT2D eigenvalue weighted by Gasteiger charge is -2.31. The van der Waals surface area contributed by atoms with Gasteiger partial charge in [0.25, 0.3) is 0 Å². The molecule has 0 aliphatic heterocycles. The number of nitrogens with zero attached hydrogens (tertiary/aromatic N) is 1. The average Bonchev–Trinajstić information content (AvgIpc) is 2.82. The Balaban J connectivity index is 1.59. The van der Waals surface area contributed by atoms with Gasteiger partial charge in [-0.15, -0.1) is 0 Å². The van der Waals surface area contributed by atoms with Gasteiger partial charge in [-0.1, -0.05) is 43.0 Å². The van der Waals surface area contributed by atoms with Crippen LogP contribution in [-0.4, -0.2) is 35.4 Å². The van der Waals surface area contributed by atoms with E-state index < -0.39 is 6.04 Å². The van der Waals surface area contributed by atoms with E-state index in [1.54, 1.807) is 48.2 Å². The van der Waals surface area contributed by atoms with Crippen LogP contribution in [0.1, 0.15) is 57.4 Å². The molecule has 1 aliphatic rings. The highest BCUT2D eigenvalue weighted by Gasteiger charge is 2.27. The lowest BCUT2D eigenvalue weighted by atomic mass is 9.95. The van der Waals surface area contributed by atoms with Crippen LogP contribution in [-0.2, 0) is 16.1 Å². The molecule has 0 heterocycles. The Morgan fingerprint density at radius 1 is 1.09 bits per heavy atom. The zero-order valence-corrected chi connectivity index (χ0v) is 19.8. The molecule has 1 fully saturated rings. The van der Waals surface area contributed by atoms with Gasteiger partial charge in [0.1, 0.15) is 17.6 Å². The molecule has 0 saturated heterocycles. The Hall–Kier alpha value is -2.60. The molecule has 0 radical (unpaired) electrons. The molecule has 0 bridgehead atoms.